The highest BCUT2D eigenvalue weighted by Crippen LogP contribution is 2.16. The molecule has 0 atom stereocenters. The predicted octanol–water partition coefficient (Wildman–Crippen LogP) is 2.26. The van der Waals surface area contributed by atoms with Crippen molar-refractivity contribution in [2.75, 3.05) is 0 Å². The summed E-state index contributed by atoms with van der Waals surface area (Å²) in [6, 6.07) is 4.40. The molecule has 0 amide bonds. The highest BCUT2D eigenvalue weighted by atomic mass is 35.5. The van der Waals surface area contributed by atoms with E-state index in [1.165, 1.54) is 24.7 Å². The van der Waals surface area contributed by atoms with Gasteiger partial charge in [0.05, 0.1) is 10.7 Å². The number of aromatic carboxylic acids is 1. The lowest BCUT2D eigenvalue weighted by Crippen LogP contribution is -2.17. The van der Waals surface area contributed by atoms with Gasteiger partial charge in [-0.1, -0.05) is 17.7 Å². The molecule has 1 aromatic carbocycles. The number of benzene rings is 1. The van der Waals surface area contributed by atoms with Gasteiger partial charge in [0, 0.05) is 19.3 Å². The fourth-order valence-corrected chi connectivity index (χ4v) is 1.85. The van der Waals surface area contributed by atoms with E-state index in [9.17, 15) is 9.18 Å². The number of rotatable bonds is 5. The molecule has 0 bridgehead atoms. The maximum absolute atomic E-state index is 13.0. The van der Waals surface area contributed by atoms with E-state index in [4.69, 9.17) is 16.7 Å². The van der Waals surface area contributed by atoms with Gasteiger partial charge >= 0.3 is 5.97 Å². The Labute approximate surface area is 119 Å². The van der Waals surface area contributed by atoms with Crippen LogP contribution in [-0.4, -0.2) is 21.0 Å². The van der Waals surface area contributed by atoms with Crippen molar-refractivity contribution in [1.29, 1.82) is 0 Å². The molecule has 0 saturated carbocycles. The molecule has 20 heavy (non-hydrogen) atoms. The van der Waals surface area contributed by atoms with Gasteiger partial charge in [0.1, 0.15) is 17.7 Å². The Hall–Kier alpha value is -2.05. The number of hydrogen-bond acceptors (Lipinski definition) is 4. The van der Waals surface area contributed by atoms with Gasteiger partial charge in [-0.25, -0.2) is 19.2 Å². The predicted molar refractivity (Wildman–Crippen MR) is 70.9 cm³/mol. The molecule has 0 unspecified atom stereocenters. The largest absolute Gasteiger partial charge is 0.478 e. The van der Waals surface area contributed by atoms with Crippen molar-refractivity contribution >= 4 is 17.6 Å². The summed E-state index contributed by atoms with van der Waals surface area (Å²) in [4.78, 5) is 18.6. The molecule has 104 valence electrons. The van der Waals surface area contributed by atoms with Crippen LogP contribution in [0, 0.1) is 5.82 Å². The van der Waals surface area contributed by atoms with Gasteiger partial charge in [-0.2, -0.15) is 0 Å². The Morgan fingerprint density at radius 2 is 2.20 bits per heavy atom. The van der Waals surface area contributed by atoms with Crippen LogP contribution in [0.5, 0.6) is 0 Å². The van der Waals surface area contributed by atoms with Crippen LogP contribution in [0.3, 0.4) is 0 Å². The van der Waals surface area contributed by atoms with Crippen LogP contribution < -0.4 is 5.32 Å². The molecular weight excluding hydrogens is 285 g/mol. The lowest BCUT2D eigenvalue weighted by atomic mass is 10.2. The van der Waals surface area contributed by atoms with Crippen molar-refractivity contribution in [2.45, 2.75) is 13.1 Å². The van der Waals surface area contributed by atoms with Crippen LogP contribution in [0.15, 0.2) is 30.7 Å². The Morgan fingerprint density at radius 3 is 2.90 bits per heavy atom. The van der Waals surface area contributed by atoms with E-state index in [-0.39, 0.29) is 17.1 Å². The summed E-state index contributed by atoms with van der Waals surface area (Å²) in [5.41, 5.74) is 1.24. The normalized spacial score (nSPS) is 10.5. The molecule has 0 aliphatic carbocycles. The van der Waals surface area contributed by atoms with Crippen molar-refractivity contribution in [3.63, 3.8) is 0 Å². The first kappa shape index (κ1) is 14.4. The number of halogens is 2. The van der Waals surface area contributed by atoms with Crippen LogP contribution in [-0.2, 0) is 13.1 Å². The van der Waals surface area contributed by atoms with Crippen LogP contribution in [0.25, 0.3) is 0 Å². The molecule has 5 nitrogen and oxygen atoms in total. The van der Waals surface area contributed by atoms with Gasteiger partial charge in [0.25, 0.3) is 0 Å². The fourth-order valence-electron chi connectivity index (χ4n) is 1.65. The average Bonchev–Trinajstić information content (AvgIpc) is 2.43. The quantitative estimate of drug-likeness (QED) is 0.885. The SMILES string of the molecule is O=C(O)c1cncnc1CNCc1ccc(F)c(Cl)c1. The average molecular weight is 296 g/mol. The summed E-state index contributed by atoms with van der Waals surface area (Å²) in [5.74, 6) is -1.55. The van der Waals surface area contributed by atoms with Gasteiger partial charge in [0.15, 0.2) is 0 Å². The van der Waals surface area contributed by atoms with E-state index in [2.05, 4.69) is 15.3 Å². The third-order valence-corrected chi connectivity index (χ3v) is 2.92. The van der Waals surface area contributed by atoms with Crippen LogP contribution in [0.4, 0.5) is 4.39 Å². The van der Waals surface area contributed by atoms with Crippen molar-refractivity contribution in [1.82, 2.24) is 15.3 Å². The summed E-state index contributed by atoms with van der Waals surface area (Å²) in [7, 11) is 0. The fraction of sp³-hybridized carbons (Fsp3) is 0.154. The van der Waals surface area contributed by atoms with E-state index in [0.29, 0.717) is 12.2 Å². The second-order valence-electron chi connectivity index (χ2n) is 4.04. The summed E-state index contributed by atoms with van der Waals surface area (Å²) >= 11 is 5.68. The van der Waals surface area contributed by atoms with Gasteiger partial charge in [-0.3, -0.25) is 0 Å². The first-order chi connectivity index (χ1) is 9.58. The molecule has 0 spiro atoms. The summed E-state index contributed by atoms with van der Waals surface area (Å²) in [6.45, 7) is 0.683. The molecular formula is C13H11ClFN3O2. The molecule has 2 aromatic rings. The lowest BCUT2D eigenvalue weighted by molar-refractivity contribution is 0.0694. The van der Waals surface area contributed by atoms with E-state index in [1.54, 1.807) is 6.07 Å². The van der Waals surface area contributed by atoms with Gasteiger partial charge in [0.2, 0.25) is 0 Å². The minimum absolute atomic E-state index is 0.0529. The molecule has 2 rings (SSSR count). The molecule has 1 heterocycles. The number of aromatic nitrogens is 2. The van der Waals surface area contributed by atoms with Gasteiger partial charge in [-0.15, -0.1) is 0 Å². The Morgan fingerprint density at radius 1 is 1.40 bits per heavy atom. The zero-order valence-electron chi connectivity index (χ0n) is 10.3. The molecule has 0 fully saturated rings. The third kappa shape index (κ3) is 3.49. The van der Waals surface area contributed by atoms with Crippen LogP contribution in [0.2, 0.25) is 5.02 Å². The number of carboxylic acids is 1. The zero-order valence-corrected chi connectivity index (χ0v) is 11.1. The van der Waals surface area contributed by atoms with Crippen molar-refractivity contribution in [3.8, 4) is 0 Å². The number of nitrogens with one attached hydrogen (secondary N) is 1. The molecule has 1 aromatic heterocycles. The molecule has 7 heteroatoms. The standard InChI is InChI=1S/C13H11ClFN3O2/c14-10-3-8(1-2-11(10)15)4-16-6-12-9(13(19)20)5-17-7-18-12/h1-3,5,7,16H,4,6H2,(H,19,20). The summed E-state index contributed by atoms with van der Waals surface area (Å²) in [5, 5.41) is 12.1. The number of carboxylic acid groups (broad SMARTS) is 1. The number of carbonyl (C=O) groups is 1. The third-order valence-electron chi connectivity index (χ3n) is 2.63. The smallest absolute Gasteiger partial charge is 0.339 e. The summed E-state index contributed by atoms with van der Waals surface area (Å²) in [6.07, 6.45) is 2.54. The Bertz CT molecular complexity index is 637. The monoisotopic (exact) mass is 295 g/mol. The number of nitrogens with zero attached hydrogens (tertiary/aromatic N) is 2. The molecule has 0 aliphatic rings. The highest BCUT2D eigenvalue weighted by Gasteiger charge is 2.10. The minimum atomic E-state index is -1.08. The molecule has 0 saturated heterocycles. The van der Waals surface area contributed by atoms with Crippen molar-refractivity contribution in [3.05, 3.63) is 58.4 Å². The van der Waals surface area contributed by atoms with E-state index in [1.807, 2.05) is 0 Å². The van der Waals surface area contributed by atoms with Crippen LogP contribution >= 0.6 is 11.6 Å². The van der Waals surface area contributed by atoms with E-state index < -0.39 is 11.8 Å². The van der Waals surface area contributed by atoms with Crippen LogP contribution in [0.1, 0.15) is 21.6 Å². The zero-order chi connectivity index (χ0) is 14.5. The molecule has 0 radical (unpaired) electrons. The van der Waals surface area contributed by atoms with Crippen molar-refractivity contribution < 1.29 is 14.3 Å². The molecule has 0 aliphatic heterocycles. The Balaban J connectivity index is 1.99. The minimum Gasteiger partial charge on any atom is -0.478 e. The second kappa shape index (κ2) is 6.40. The van der Waals surface area contributed by atoms with E-state index in [0.717, 1.165) is 5.56 Å². The summed E-state index contributed by atoms with van der Waals surface area (Å²) < 4.78 is 13.0. The first-order valence-electron chi connectivity index (χ1n) is 5.74. The topological polar surface area (TPSA) is 75.1 Å². The second-order valence-corrected chi connectivity index (χ2v) is 4.45. The Kier molecular flexibility index (Phi) is 4.60. The molecule has 2 N–H and O–H groups in total. The number of hydrogen-bond donors (Lipinski definition) is 2. The van der Waals surface area contributed by atoms with Gasteiger partial charge in [-0.05, 0) is 17.7 Å². The van der Waals surface area contributed by atoms with Crippen molar-refractivity contribution in [2.24, 2.45) is 0 Å². The first-order valence-corrected chi connectivity index (χ1v) is 6.12. The highest BCUT2D eigenvalue weighted by molar-refractivity contribution is 6.30. The maximum atomic E-state index is 13.0. The van der Waals surface area contributed by atoms with Gasteiger partial charge < -0.3 is 10.4 Å². The van der Waals surface area contributed by atoms with E-state index >= 15 is 0 Å². The lowest BCUT2D eigenvalue weighted by Gasteiger charge is -2.07. The maximum Gasteiger partial charge on any atom is 0.339 e.